The van der Waals surface area contributed by atoms with Crippen molar-refractivity contribution in [1.29, 1.82) is 0 Å². The molecule has 5 N–H and O–H groups in total. The van der Waals surface area contributed by atoms with Crippen LogP contribution < -0.4 is 26.4 Å². The highest BCUT2D eigenvalue weighted by molar-refractivity contribution is 7.11. The van der Waals surface area contributed by atoms with Crippen molar-refractivity contribution >= 4 is 28.5 Å². The van der Waals surface area contributed by atoms with Crippen LogP contribution in [0.25, 0.3) is 0 Å². The molecular formula is C19H26FN5O3S. The first-order valence-electron chi connectivity index (χ1n) is 9.15. The lowest BCUT2D eigenvalue weighted by molar-refractivity contribution is 0.0996. The molecule has 2 rings (SSSR count). The second kappa shape index (κ2) is 10.2. The minimum Gasteiger partial charge on any atom is -0.472 e. The largest absolute Gasteiger partial charge is 0.472 e. The maximum absolute atomic E-state index is 14.0. The van der Waals surface area contributed by atoms with E-state index in [1.807, 2.05) is 13.8 Å². The molecule has 0 aliphatic rings. The van der Waals surface area contributed by atoms with Crippen LogP contribution in [0, 0.1) is 19.7 Å². The minimum atomic E-state index is -0.780. The van der Waals surface area contributed by atoms with Gasteiger partial charge in [-0.05, 0) is 42.1 Å². The number of hydrogen-bond acceptors (Lipinski definition) is 6. The first kappa shape index (κ1) is 22.6. The van der Waals surface area contributed by atoms with E-state index in [4.69, 9.17) is 10.5 Å². The highest BCUT2D eigenvalue weighted by atomic mass is 32.1. The molecule has 10 heteroatoms. The number of benzene rings is 1. The molecule has 0 aliphatic carbocycles. The summed E-state index contributed by atoms with van der Waals surface area (Å²) in [6.07, 6.45) is 0. The van der Waals surface area contributed by atoms with Gasteiger partial charge in [-0.2, -0.15) is 4.37 Å². The van der Waals surface area contributed by atoms with Crippen LogP contribution in [-0.2, 0) is 6.61 Å². The Morgan fingerprint density at radius 1 is 1.28 bits per heavy atom. The number of carbonyl (C=O) groups is 2. The molecule has 0 saturated heterocycles. The quantitative estimate of drug-likeness (QED) is 0.463. The number of nitrogens with one attached hydrogen (secondary N) is 3. The van der Waals surface area contributed by atoms with Gasteiger partial charge >= 0.3 is 6.03 Å². The van der Waals surface area contributed by atoms with Crippen LogP contribution >= 0.6 is 11.5 Å². The van der Waals surface area contributed by atoms with Gasteiger partial charge in [0, 0.05) is 19.1 Å². The number of nitrogens with zero attached hydrogens (tertiary/aromatic N) is 1. The molecule has 0 fully saturated rings. The first-order valence-corrected chi connectivity index (χ1v) is 9.93. The van der Waals surface area contributed by atoms with Gasteiger partial charge in [0.2, 0.25) is 5.88 Å². The van der Waals surface area contributed by atoms with E-state index in [1.54, 1.807) is 26.0 Å². The highest BCUT2D eigenvalue weighted by Crippen LogP contribution is 2.31. The number of nitrogens with two attached hydrogens (primary N) is 1. The smallest absolute Gasteiger partial charge is 0.319 e. The van der Waals surface area contributed by atoms with Gasteiger partial charge in [-0.1, -0.05) is 26.0 Å². The van der Waals surface area contributed by atoms with Crippen LogP contribution in [0.3, 0.4) is 0 Å². The maximum atomic E-state index is 14.0. The lowest BCUT2D eigenvalue weighted by atomic mass is 10.1. The SMILES string of the molecule is Cc1ccc(COc2nsc(NC(=O)NCCNC(C)C)c2C(N)=O)c(C)c1F. The van der Waals surface area contributed by atoms with Crippen molar-refractivity contribution < 1.29 is 18.7 Å². The van der Waals surface area contributed by atoms with Gasteiger partial charge in [0.05, 0.1) is 0 Å². The van der Waals surface area contributed by atoms with Crippen LogP contribution in [0.5, 0.6) is 5.88 Å². The monoisotopic (exact) mass is 423 g/mol. The molecule has 0 bridgehead atoms. The summed E-state index contributed by atoms with van der Waals surface area (Å²) >= 11 is 0.884. The first-order chi connectivity index (χ1) is 13.7. The Bertz CT molecular complexity index is 885. The number of anilines is 1. The topological polar surface area (TPSA) is 118 Å². The molecule has 0 aliphatic heterocycles. The zero-order valence-corrected chi connectivity index (χ0v) is 17.7. The molecule has 1 aromatic carbocycles. The van der Waals surface area contributed by atoms with Crippen molar-refractivity contribution in [3.8, 4) is 5.88 Å². The number of aryl methyl sites for hydroxylation is 1. The van der Waals surface area contributed by atoms with E-state index in [9.17, 15) is 14.0 Å². The Hall–Kier alpha value is -2.72. The van der Waals surface area contributed by atoms with Crippen LogP contribution in [-0.4, -0.2) is 35.4 Å². The molecule has 0 unspecified atom stereocenters. The molecule has 29 heavy (non-hydrogen) atoms. The number of primary amides is 1. The third-order valence-electron chi connectivity index (χ3n) is 4.15. The summed E-state index contributed by atoms with van der Waals surface area (Å²) in [6.45, 7) is 8.38. The molecule has 0 atom stereocenters. The summed E-state index contributed by atoms with van der Waals surface area (Å²) < 4.78 is 23.7. The Kier molecular flexibility index (Phi) is 7.91. The molecule has 0 saturated carbocycles. The Morgan fingerprint density at radius 2 is 2.00 bits per heavy atom. The molecule has 158 valence electrons. The van der Waals surface area contributed by atoms with Crippen LogP contribution in [0.15, 0.2) is 12.1 Å². The maximum Gasteiger partial charge on any atom is 0.319 e. The van der Waals surface area contributed by atoms with Gasteiger partial charge in [-0.3, -0.25) is 10.1 Å². The van der Waals surface area contributed by atoms with Crippen molar-refractivity contribution in [2.45, 2.75) is 40.3 Å². The number of aromatic nitrogens is 1. The minimum absolute atomic E-state index is 0.000317. The van der Waals surface area contributed by atoms with Crippen molar-refractivity contribution in [3.05, 3.63) is 40.2 Å². The summed E-state index contributed by atoms with van der Waals surface area (Å²) in [5, 5.41) is 8.59. The van der Waals surface area contributed by atoms with E-state index in [-0.39, 0.29) is 28.9 Å². The van der Waals surface area contributed by atoms with E-state index in [0.29, 0.717) is 35.8 Å². The van der Waals surface area contributed by atoms with Crippen molar-refractivity contribution in [2.24, 2.45) is 5.73 Å². The van der Waals surface area contributed by atoms with Crippen LogP contribution in [0.1, 0.15) is 40.9 Å². The molecule has 1 heterocycles. The molecule has 0 spiro atoms. The number of urea groups is 1. The standard InChI is InChI=1S/C19H26FN5O3S/c1-10(2)22-7-8-23-19(27)24-18-14(16(21)26)17(25-29-18)28-9-13-6-5-11(3)15(20)12(13)4/h5-6,10,22H,7-9H2,1-4H3,(H2,21,26)(H2,23,24,27). The van der Waals surface area contributed by atoms with E-state index >= 15 is 0 Å². The Labute approximate surface area is 173 Å². The van der Waals surface area contributed by atoms with E-state index in [2.05, 4.69) is 20.3 Å². The number of rotatable bonds is 9. The fourth-order valence-corrected chi connectivity index (χ4v) is 3.26. The second-order valence-corrected chi connectivity index (χ2v) is 7.59. The Balaban J connectivity index is 2.04. The van der Waals surface area contributed by atoms with Gasteiger partial charge in [0.15, 0.2) is 0 Å². The molecule has 2 aromatic rings. The molecule has 1 aromatic heterocycles. The van der Waals surface area contributed by atoms with Crippen molar-refractivity contribution in [3.63, 3.8) is 0 Å². The molecular weight excluding hydrogens is 397 g/mol. The average Bonchev–Trinajstić information content (AvgIpc) is 3.05. The molecule has 0 radical (unpaired) electrons. The lowest BCUT2D eigenvalue weighted by Crippen LogP contribution is -2.36. The zero-order valence-electron chi connectivity index (χ0n) is 16.9. The fourth-order valence-electron chi connectivity index (χ4n) is 2.52. The summed E-state index contributed by atoms with van der Waals surface area (Å²) in [5.74, 6) is -1.08. The third kappa shape index (κ3) is 6.13. The van der Waals surface area contributed by atoms with Crippen molar-refractivity contribution in [1.82, 2.24) is 15.0 Å². The zero-order chi connectivity index (χ0) is 21.6. The van der Waals surface area contributed by atoms with E-state index in [0.717, 1.165) is 11.5 Å². The number of carbonyl (C=O) groups excluding carboxylic acids is 2. The van der Waals surface area contributed by atoms with E-state index in [1.165, 1.54) is 0 Å². The predicted molar refractivity (Wildman–Crippen MR) is 111 cm³/mol. The number of halogens is 1. The lowest BCUT2D eigenvalue weighted by Gasteiger charge is -2.11. The summed E-state index contributed by atoms with van der Waals surface area (Å²) in [4.78, 5) is 23.9. The fraction of sp³-hybridized carbons (Fsp3) is 0.421. The van der Waals surface area contributed by atoms with Crippen molar-refractivity contribution in [2.75, 3.05) is 18.4 Å². The van der Waals surface area contributed by atoms with Gasteiger partial charge in [-0.25, -0.2) is 9.18 Å². The number of hydrogen-bond donors (Lipinski definition) is 4. The highest BCUT2D eigenvalue weighted by Gasteiger charge is 2.22. The van der Waals surface area contributed by atoms with Gasteiger partial charge < -0.3 is 21.1 Å². The third-order valence-corrected chi connectivity index (χ3v) is 4.90. The summed E-state index contributed by atoms with van der Waals surface area (Å²) in [5.41, 5.74) is 7.05. The van der Waals surface area contributed by atoms with Gasteiger partial charge in [0.25, 0.3) is 5.91 Å². The Morgan fingerprint density at radius 3 is 2.66 bits per heavy atom. The predicted octanol–water partition coefficient (Wildman–Crippen LogP) is 2.70. The number of ether oxygens (including phenoxy) is 1. The molecule has 8 nitrogen and oxygen atoms in total. The average molecular weight is 424 g/mol. The normalized spacial score (nSPS) is 10.8. The number of amides is 3. The second-order valence-electron chi connectivity index (χ2n) is 6.82. The summed E-state index contributed by atoms with van der Waals surface area (Å²) in [6, 6.07) is 3.24. The van der Waals surface area contributed by atoms with Gasteiger partial charge in [0.1, 0.15) is 23.0 Å². The summed E-state index contributed by atoms with van der Waals surface area (Å²) in [7, 11) is 0. The van der Waals surface area contributed by atoms with Gasteiger partial charge in [-0.15, -0.1) is 0 Å². The molecule has 3 amide bonds. The van der Waals surface area contributed by atoms with Crippen LogP contribution in [0.2, 0.25) is 0 Å². The van der Waals surface area contributed by atoms with Crippen LogP contribution in [0.4, 0.5) is 14.2 Å². The van der Waals surface area contributed by atoms with E-state index < -0.39 is 11.9 Å².